The standard InChI is InChI=1S/C13H10N4O5/c18-13(15(16(19)20)17(21)22)14(11-7-3-1-4-8-11)12-9-5-2-6-10-12/h1-10H. The zero-order chi connectivity index (χ0) is 16.1. The van der Waals surface area contributed by atoms with Crippen molar-refractivity contribution in [1.29, 1.82) is 0 Å². The van der Waals surface area contributed by atoms with Gasteiger partial charge in [0.2, 0.25) is 10.1 Å². The zero-order valence-electron chi connectivity index (χ0n) is 11.1. The molecule has 2 aromatic rings. The Bertz CT molecular complexity index is 639. The third-order valence-electron chi connectivity index (χ3n) is 2.70. The van der Waals surface area contributed by atoms with E-state index >= 15 is 0 Å². The highest BCUT2D eigenvalue weighted by molar-refractivity contribution is 5.98. The predicted molar refractivity (Wildman–Crippen MR) is 76.2 cm³/mol. The van der Waals surface area contributed by atoms with E-state index in [4.69, 9.17) is 0 Å². The summed E-state index contributed by atoms with van der Waals surface area (Å²) in [6.07, 6.45) is 0. The average molecular weight is 302 g/mol. The Hall–Kier alpha value is -3.49. The Balaban J connectivity index is 2.52. The van der Waals surface area contributed by atoms with Gasteiger partial charge in [0.05, 0.1) is 11.4 Å². The largest absolute Gasteiger partial charge is 0.462 e. The third kappa shape index (κ3) is 2.98. The number of carbonyl (C=O) groups is 1. The van der Waals surface area contributed by atoms with Crippen molar-refractivity contribution in [2.75, 3.05) is 4.90 Å². The topological polar surface area (TPSA) is 110 Å². The van der Waals surface area contributed by atoms with Gasteiger partial charge in [-0.25, -0.2) is 25.0 Å². The van der Waals surface area contributed by atoms with Gasteiger partial charge in [-0.15, -0.1) is 0 Å². The van der Waals surface area contributed by atoms with Crippen LogP contribution in [-0.4, -0.2) is 21.2 Å². The summed E-state index contributed by atoms with van der Waals surface area (Å²) in [5.41, 5.74) is 0.541. The number of nitrogens with zero attached hydrogens (tertiary/aromatic N) is 4. The van der Waals surface area contributed by atoms with Crippen LogP contribution in [-0.2, 0) is 0 Å². The van der Waals surface area contributed by atoms with Gasteiger partial charge in [-0.05, 0) is 24.3 Å². The number of anilines is 2. The summed E-state index contributed by atoms with van der Waals surface area (Å²) in [6, 6.07) is 14.5. The van der Waals surface area contributed by atoms with Crippen LogP contribution in [0.25, 0.3) is 0 Å². The summed E-state index contributed by atoms with van der Waals surface area (Å²) in [7, 11) is 0. The van der Waals surface area contributed by atoms with E-state index in [1.165, 1.54) is 24.3 Å². The van der Waals surface area contributed by atoms with E-state index in [1.54, 1.807) is 36.4 Å². The van der Waals surface area contributed by atoms with Crippen molar-refractivity contribution in [3.8, 4) is 0 Å². The second kappa shape index (κ2) is 6.31. The molecule has 0 radical (unpaired) electrons. The third-order valence-corrected chi connectivity index (χ3v) is 2.70. The maximum atomic E-state index is 12.3. The van der Waals surface area contributed by atoms with E-state index in [1.807, 2.05) is 0 Å². The number of hydrazine groups is 2. The van der Waals surface area contributed by atoms with Gasteiger partial charge in [-0.1, -0.05) is 36.4 Å². The summed E-state index contributed by atoms with van der Waals surface area (Å²) in [5.74, 6) is 0. The van der Waals surface area contributed by atoms with E-state index in [9.17, 15) is 25.0 Å². The summed E-state index contributed by atoms with van der Waals surface area (Å²) >= 11 is 0. The summed E-state index contributed by atoms with van der Waals surface area (Å²) in [5, 5.41) is 18.2. The number of benzene rings is 2. The quantitative estimate of drug-likeness (QED) is 0.636. The summed E-state index contributed by atoms with van der Waals surface area (Å²) in [6.45, 7) is 0. The fourth-order valence-corrected chi connectivity index (χ4v) is 1.81. The lowest BCUT2D eigenvalue weighted by atomic mass is 10.2. The second-order valence-electron chi connectivity index (χ2n) is 4.05. The molecule has 0 atom stereocenters. The molecule has 0 fully saturated rings. The molecule has 9 nitrogen and oxygen atoms in total. The van der Waals surface area contributed by atoms with Gasteiger partial charge < -0.3 is 0 Å². The molecule has 0 aliphatic carbocycles. The highest BCUT2D eigenvalue weighted by Gasteiger charge is 2.42. The molecule has 0 aliphatic heterocycles. The van der Waals surface area contributed by atoms with E-state index in [-0.39, 0.29) is 11.4 Å². The van der Waals surface area contributed by atoms with Crippen LogP contribution in [0.4, 0.5) is 16.2 Å². The molecule has 0 bridgehead atoms. The lowest BCUT2D eigenvalue weighted by molar-refractivity contribution is -0.882. The number of carbonyl (C=O) groups excluding carboxylic acids is 1. The Labute approximate surface area is 124 Å². The van der Waals surface area contributed by atoms with Crippen molar-refractivity contribution >= 4 is 17.4 Å². The van der Waals surface area contributed by atoms with Crippen molar-refractivity contribution in [1.82, 2.24) is 5.12 Å². The minimum absolute atomic E-state index is 0.271. The van der Waals surface area contributed by atoms with E-state index in [0.29, 0.717) is 0 Å². The molecule has 2 amide bonds. The fraction of sp³-hybridized carbons (Fsp3) is 0. The molecule has 0 aliphatic rings. The molecule has 9 heteroatoms. The number of urea groups is 1. The van der Waals surface area contributed by atoms with Gasteiger partial charge in [-0.3, -0.25) is 4.90 Å². The molecule has 112 valence electrons. The Morgan fingerprint density at radius 3 is 1.45 bits per heavy atom. The van der Waals surface area contributed by atoms with E-state index < -0.39 is 21.2 Å². The smallest absolute Gasteiger partial charge is 0.253 e. The van der Waals surface area contributed by atoms with Crippen molar-refractivity contribution in [2.45, 2.75) is 0 Å². The lowest BCUT2D eigenvalue weighted by Gasteiger charge is -2.21. The number of nitro groups is 2. The molecule has 0 heterocycles. The number of hydrogen-bond donors (Lipinski definition) is 0. The molecule has 2 rings (SSSR count). The molecule has 0 aromatic heterocycles. The Morgan fingerprint density at radius 2 is 1.14 bits per heavy atom. The van der Waals surface area contributed by atoms with Crippen molar-refractivity contribution in [3.63, 3.8) is 0 Å². The molecular weight excluding hydrogens is 292 g/mol. The fourth-order valence-electron chi connectivity index (χ4n) is 1.81. The first-order chi connectivity index (χ1) is 10.5. The zero-order valence-corrected chi connectivity index (χ0v) is 11.1. The second-order valence-corrected chi connectivity index (χ2v) is 4.05. The average Bonchev–Trinajstić information content (AvgIpc) is 2.49. The molecule has 0 spiro atoms. The van der Waals surface area contributed by atoms with Crippen molar-refractivity contribution < 1.29 is 14.9 Å². The van der Waals surface area contributed by atoms with E-state index in [2.05, 4.69) is 0 Å². The highest BCUT2D eigenvalue weighted by Crippen LogP contribution is 2.26. The van der Waals surface area contributed by atoms with Crippen LogP contribution in [0, 0.1) is 20.2 Å². The first-order valence-corrected chi connectivity index (χ1v) is 6.05. The molecule has 22 heavy (non-hydrogen) atoms. The SMILES string of the molecule is O=C(N(c1ccccc1)c1ccccc1)N([N+](=O)[O-])[N+](=O)[O-]. The minimum Gasteiger partial charge on any atom is -0.253 e. The number of para-hydroxylation sites is 2. The molecular formula is C13H10N4O5. The molecule has 0 saturated heterocycles. The Morgan fingerprint density at radius 1 is 0.773 bits per heavy atom. The normalized spacial score (nSPS) is 9.82. The number of amides is 2. The van der Waals surface area contributed by atoms with Crippen LogP contribution in [0.2, 0.25) is 0 Å². The van der Waals surface area contributed by atoms with Gasteiger partial charge in [0.1, 0.15) is 0 Å². The summed E-state index contributed by atoms with van der Waals surface area (Å²) in [4.78, 5) is 34.8. The molecule has 0 N–H and O–H groups in total. The van der Waals surface area contributed by atoms with Gasteiger partial charge >= 0.3 is 6.03 Å². The van der Waals surface area contributed by atoms with Crippen LogP contribution < -0.4 is 4.90 Å². The molecule has 0 saturated carbocycles. The van der Waals surface area contributed by atoms with Crippen LogP contribution in [0.15, 0.2) is 60.7 Å². The van der Waals surface area contributed by atoms with E-state index in [0.717, 1.165) is 4.90 Å². The summed E-state index contributed by atoms with van der Waals surface area (Å²) < 4.78 is 0. The number of hydrogen-bond acceptors (Lipinski definition) is 5. The van der Waals surface area contributed by atoms with Gasteiger partial charge in [0.15, 0.2) is 0 Å². The lowest BCUT2D eigenvalue weighted by Crippen LogP contribution is -2.47. The van der Waals surface area contributed by atoms with Gasteiger partial charge in [0, 0.05) is 0 Å². The Kier molecular flexibility index (Phi) is 4.27. The van der Waals surface area contributed by atoms with Crippen LogP contribution >= 0.6 is 0 Å². The minimum atomic E-state index is -1.40. The first-order valence-electron chi connectivity index (χ1n) is 6.05. The van der Waals surface area contributed by atoms with Crippen LogP contribution in [0.1, 0.15) is 0 Å². The maximum Gasteiger partial charge on any atom is 0.462 e. The predicted octanol–water partition coefficient (Wildman–Crippen LogP) is 2.63. The van der Waals surface area contributed by atoms with Gasteiger partial charge in [-0.2, -0.15) is 0 Å². The van der Waals surface area contributed by atoms with Crippen LogP contribution in [0.3, 0.4) is 0 Å². The maximum absolute atomic E-state index is 12.3. The van der Waals surface area contributed by atoms with Gasteiger partial charge in [0.25, 0.3) is 5.12 Å². The highest BCUT2D eigenvalue weighted by atomic mass is 16.8. The molecule has 0 unspecified atom stereocenters. The van der Waals surface area contributed by atoms with Crippen molar-refractivity contribution in [3.05, 3.63) is 80.9 Å². The van der Waals surface area contributed by atoms with Crippen LogP contribution in [0.5, 0.6) is 0 Å². The number of rotatable bonds is 4. The monoisotopic (exact) mass is 302 g/mol. The molecule has 2 aromatic carbocycles. The van der Waals surface area contributed by atoms with Crippen molar-refractivity contribution in [2.24, 2.45) is 0 Å². The first kappa shape index (κ1) is 14.9.